The topological polar surface area (TPSA) is 49.3 Å². The summed E-state index contributed by atoms with van der Waals surface area (Å²) >= 11 is 7.16. The van der Waals surface area contributed by atoms with Crippen molar-refractivity contribution in [2.75, 3.05) is 6.54 Å². The van der Waals surface area contributed by atoms with Crippen LogP contribution in [-0.2, 0) is 0 Å². The van der Waals surface area contributed by atoms with Gasteiger partial charge in [0.25, 0.3) is 5.91 Å². The lowest BCUT2D eigenvalue weighted by Crippen LogP contribution is -2.29. The lowest BCUT2D eigenvalue weighted by molar-refractivity contribution is 0.0914. The summed E-state index contributed by atoms with van der Waals surface area (Å²) < 4.78 is 13.5. The molecule has 0 fully saturated rings. The fourth-order valence-electron chi connectivity index (χ4n) is 1.57. The molecule has 100 valence electrons. The summed E-state index contributed by atoms with van der Waals surface area (Å²) in [6.45, 7) is 0.00398. The van der Waals surface area contributed by atoms with Gasteiger partial charge in [0.05, 0.1) is 10.6 Å². The molecule has 0 bridgehead atoms. The summed E-state index contributed by atoms with van der Waals surface area (Å²) in [5, 5.41) is 14.1. The molecule has 0 saturated heterocycles. The second-order valence-electron chi connectivity index (χ2n) is 3.84. The number of benzene rings is 1. The van der Waals surface area contributed by atoms with Gasteiger partial charge >= 0.3 is 0 Å². The van der Waals surface area contributed by atoms with E-state index in [1.54, 1.807) is 12.1 Å². The van der Waals surface area contributed by atoms with Gasteiger partial charge in [-0.25, -0.2) is 4.39 Å². The number of hydrogen-bond donors (Lipinski definition) is 2. The Hall–Kier alpha value is -1.43. The number of halogens is 2. The molecule has 6 heteroatoms. The molecule has 0 radical (unpaired) electrons. The van der Waals surface area contributed by atoms with Crippen LogP contribution >= 0.6 is 22.9 Å². The number of carbonyl (C=O) groups excluding carboxylic acids is 1. The van der Waals surface area contributed by atoms with Gasteiger partial charge in [-0.1, -0.05) is 23.7 Å². The number of hydrogen-bond acceptors (Lipinski definition) is 3. The van der Waals surface area contributed by atoms with E-state index in [1.807, 2.05) is 5.38 Å². The van der Waals surface area contributed by atoms with E-state index in [9.17, 15) is 14.3 Å². The number of amides is 1. The Balaban J connectivity index is 2.02. The maximum Gasteiger partial charge on any atom is 0.255 e. The van der Waals surface area contributed by atoms with Crippen molar-refractivity contribution in [1.82, 2.24) is 5.32 Å². The minimum atomic E-state index is -0.811. The molecular weight excluding hydrogens is 289 g/mol. The predicted octanol–water partition coefficient (Wildman–Crippen LogP) is 3.00. The number of thiophene rings is 1. The second-order valence-corrected chi connectivity index (χ2v) is 5.22. The standard InChI is InChI=1S/C13H11ClFNO2S/c14-8-3-1-4-9(15)12(8)13(18)16-7-10(17)11-5-2-6-19-11/h1-6,10,17H,7H2,(H,16,18). The molecule has 1 aromatic carbocycles. The third-order valence-electron chi connectivity index (χ3n) is 2.52. The first kappa shape index (κ1) is 14.0. The van der Waals surface area contributed by atoms with Gasteiger partial charge in [0.15, 0.2) is 0 Å². The highest BCUT2D eigenvalue weighted by Gasteiger charge is 2.17. The molecule has 1 unspecified atom stereocenters. The SMILES string of the molecule is O=C(NCC(O)c1cccs1)c1c(F)cccc1Cl. The lowest BCUT2D eigenvalue weighted by atomic mass is 10.2. The molecule has 2 aromatic rings. The van der Waals surface area contributed by atoms with Crippen LogP contribution in [0.25, 0.3) is 0 Å². The third kappa shape index (κ3) is 3.32. The molecule has 1 amide bonds. The summed E-state index contributed by atoms with van der Waals surface area (Å²) in [4.78, 5) is 12.6. The molecule has 19 heavy (non-hydrogen) atoms. The van der Waals surface area contributed by atoms with E-state index in [0.717, 1.165) is 10.9 Å². The number of aliphatic hydroxyl groups excluding tert-OH is 1. The smallest absolute Gasteiger partial charge is 0.255 e. The van der Waals surface area contributed by atoms with Gasteiger partial charge in [-0.3, -0.25) is 4.79 Å². The van der Waals surface area contributed by atoms with E-state index in [2.05, 4.69) is 5.32 Å². The van der Waals surface area contributed by atoms with E-state index >= 15 is 0 Å². The van der Waals surface area contributed by atoms with Crippen LogP contribution in [0, 0.1) is 5.82 Å². The normalized spacial score (nSPS) is 12.2. The van der Waals surface area contributed by atoms with Crippen molar-refractivity contribution in [3.63, 3.8) is 0 Å². The minimum absolute atomic E-state index is 0.00398. The zero-order valence-corrected chi connectivity index (χ0v) is 11.3. The van der Waals surface area contributed by atoms with Crippen LogP contribution in [0.5, 0.6) is 0 Å². The first-order valence-corrected chi connectivity index (χ1v) is 6.79. The van der Waals surface area contributed by atoms with Crippen molar-refractivity contribution >= 4 is 28.8 Å². The molecule has 1 heterocycles. The van der Waals surface area contributed by atoms with E-state index in [1.165, 1.54) is 23.5 Å². The number of nitrogens with one attached hydrogen (secondary N) is 1. The Labute approximate surface area is 118 Å². The first-order chi connectivity index (χ1) is 9.09. The van der Waals surface area contributed by atoms with Crippen molar-refractivity contribution in [3.05, 3.63) is 57.0 Å². The molecule has 2 rings (SSSR count). The van der Waals surface area contributed by atoms with E-state index < -0.39 is 17.8 Å². The van der Waals surface area contributed by atoms with Gasteiger partial charge < -0.3 is 10.4 Å². The van der Waals surface area contributed by atoms with E-state index in [0.29, 0.717) is 0 Å². The molecule has 1 aromatic heterocycles. The van der Waals surface area contributed by atoms with Crippen molar-refractivity contribution in [2.45, 2.75) is 6.10 Å². The molecule has 0 aliphatic heterocycles. The van der Waals surface area contributed by atoms with Gasteiger partial charge in [0, 0.05) is 11.4 Å². The van der Waals surface area contributed by atoms with Gasteiger partial charge in [0.1, 0.15) is 11.9 Å². The van der Waals surface area contributed by atoms with Crippen LogP contribution in [-0.4, -0.2) is 17.6 Å². The molecule has 0 aliphatic carbocycles. The van der Waals surface area contributed by atoms with Crippen molar-refractivity contribution < 1.29 is 14.3 Å². The Morgan fingerprint density at radius 2 is 2.21 bits per heavy atom. The Bertz CT molecular complexity index is 554. The van der Waals surface area contributed by atoms with Crippen molar-refractivity contribution in [3.8, 4) is 0 Å². The summed E-state index contributed by atoms with van der Waals surface area (Å²) in [6.07, 6.45) is -0.811. The average Bonchev–Trinajstić information content (AvgIpc) is 2.89. The van der Waals surface area contributed by atoms with Crippen LogP contribution in [0.15, 0.2) is 35.7 Å². The van der Waals surface area contributed by atoms with Crippen molar-refractivity contribution in [2.24, 2.45) is 0 Å². The maximum atomic E-state index is 13.5. The zero-order valence-electron chi connectivity index (χ0n) is 9.77. The Kier molecular flexibility index (Phi) is 4.52. The lowest BCUT2D eigenvalue weighted by Gasteiger charge is -2.11. The fraction of sp³-hybridized carbons (Fsp3) is 0.154. The molecule has 0 aliphatic rings. The predicted molar refractivity (Wildman–Crippen MR) is 73.0 cm³/mol. The van der Waals surface area contributed by atoms with Crippen LogP contribution in [0.1, 0.15) is 21.3 Å². The average molecular weight is 300 g/mol. The van der Waals surface area contributed by atoms with Crippen LogP contribution < -0.4 is 5.32 Å². The van der Waals surface area contributed by atoms with Gasteiger partial charge in [-0.15, -0.1) is 11.3 Å². The zero-order chi connectivity index (χ0) is 13.8. The van der Waals surface area contributed by atoms with Gasteiger partial charge in [-0.2, -0.15) is 0 Å². The molecule has 0 saturated carbocycles. The highest BCUT2D eigenvalue weighted by molar-refractivity contribution is 7.10. The summed E-state index contributed by atoms with van der Waals surface area (Å²) in [6, 6.07) is 7.59. The number of carbonyl (C=O) groups is 1. The molecule has 2 N–H and O–H groups in total. The monoisotopic (exact) mass is 299 g/mol. The maximum absolute atomic E-state index is 13.5. The van der Waals surface area contributed by atoms with Crippen LogP contribution in [0.3, 0.4) is 0 Å². The number of rotatable bonds is 4. The highest BCUT2D eigenvalue weighted by Crippen LogP contribution is 2.20. The molecule has 1 atom stereocenters. The van der Waals surface area contributed by atoms with E-state index in [4.69, 9.17) is 11.6 Å². The minimum Gasteiger partial charge on any atom is -0.386 e. The summed E-state index contributed by atoms with van der Waals surface area (Å²) in [5.41, 5.74) is -0.206. The quantitative estimate of drug-likeness (QED) is 0.912. The Morgan fingerprint density at radius 3 is 2.84 bits per heavy atom. The third-order valence-corrected chi connectivity index (χ3v) is 3.81. The largest absolute Gasteiger partial charge is 0.386 e. The number of aliphatic hydroxyl groups is 1. The van der Waals surface area contributed by atoms with Gasteiger partial charge in [0.2, 0.25) is 0 Å². The molecule has 0 spiro atoms. The fourth-order valence-corrected chi connectivity index (χ4v) is 2.53. The van der Waals surface area contributed by atoms with Crippen LogP contribution in [0.4, 0.5) is 4.39 Å². The molecular formula is C13H11ClFNO2S. The van der Waals surface area contributed by atoms with Gasteiger partial charge in [-0.05, 0) is 23.6 Å². The van der Waals surface area contributed by atoms with E-state index in [-0.39, 0.29) is 17.1 Å². The first-order valence-electron chi connectivity index (χ1n) is 5.53. The van der Waals surface area contributed by atoms with Crippen LogP contribution in [0.2, 0.25) is 5.02 Å². The second kappa shape index (κ2) is 6.14. The van der Waals surface area contributed by atoms with Crippen molar-refractivity contribution in [1.29, 1.82) is 0 Å². The summed E-state index contributed by atoms with van der Waals surface area (Å²) in [7, 11) is 0. The Morgan fingerprint density at radius 1 is 1.42 bits per heavy atom. The molecule has 3 nitrogen and oxygen atoms in total. The summed E-state index contributed by atoms with van der Waals surface area (Å²) in [5.74, 6) is -1.32. The highest BCUT2D eigenvalue weighted by atomic mass is 35.5.